The van der Waals surface area contributed by atoms with Gasteiger partial charge in [0.1, 0.15) is 11.5 Å². The van der Waals surface area contributed by atoms with Gasteiger partial charge in [-0.05, 0) is 42.8 Å². The van der Waals surface area contributed by atoms with E-state index in [0.29, 0.717) is 0 Å². The van der Waals surface area contributed by atoms with Crippen molar-refractivity contribution in [3.8, 4) is 11.5 Å². The van der Waals surface area contributed by atoms with Crippen molar-refractivity contribution in [2.45, 2.75) is 13.0 Å². The second-order valence-electron chi connectivity index (χ2n) is 4.59. The quantitative estimate of drug-likeness (QED) is 0.744. The fraction of sp³-hybridized carbons (Fsp3) is 0.294. The molecule has 3 nitrogen and oxygen atoms in total. The first-order valence-corrected chi connectivity index (χ1v) is 6.90. The van der Waals surface area contributed by atoms with Gasteiger partial charge in [-0.3, -0.25) is 0 Å². The Labute approximate surface area is 120 Å². The Kier molecular flexibility index (Phi) is 6.08. The third kappa shape index (κ3) is 5.03. The molecule has 0 radical (unpaired) electrons. The standard InChI is InChI=1S/C17H21NO2/c1-19-12-6-11-18-14-15-7-5-10-17(13-15)20-16-8-3-2-4-9-16/h2-5,7-10,13,18H,6,11-12,14H2,1H3. The minimum absolute atomic E-state index is 0.796. The summed E-state index contributed by atoms with van der Waals surface area (Å²) in [6, 6.07) is 18.0. The van der Waals surface area contributed by atoms with Crippen molar-refractivity contribution in [1.29, 1.82) is 0 Å². The lowest BCUT2D eigenvalue weighted by Crippen LogP contribution is -2.16. The van der Waals surface area contributed by atoms with Crippen LogP contribution in [-0.4, -0.2) is 20.3 Å². The average Bonchev–Trinajstić information content (AvgIpc) is 2.48. The number of nitrogens with one attached hydrogen (secondary N) is 1. The summed E-state index contributed by atoms with van der Waals surface area (Å²) < 4.78 is 10.8. The monoisotopic (exact) mass is 271 g/mol. The van der Waals surface area contributed by atoms with Crippen LogP contribution < -0.4 is 10.1 Å². The van der Waals surface area contributed by atoms with E-state index in [2.05, 4.69) is 17.4 Å². The van der Waals surface area contributed by atoms with Crippen LogP contribution >= 0.6 is 0 Å². The summed E-state index contributed by atoms with van der Waals surface area (Å²) in [5.74, 6) is 1.73. The Morgan fingerprint density at radius 2 is 1.75 bits per heavy atom. The van der Waals surface area contributed by atoms with Gasteiger partial charge < -0.3 is 14.8 Å². The molecule has 0 fully saturated rings. The van der Waals surface area contributed by atoms with Gasteiger partial charge in [0.05, 0.1) is 0 Å². The van der Waals surface area contributed by atoms with Crippen molar-refractivity contribution in [2.24, 2.45) is 0 Å². The van der Waals surface area contributed by atoms with E-state index in [1.54, 1.807) is 7.11 Å². The van der Waals surface area contributed by atoms with Crippen LogP contribution in [0.3, 0.4) is 0 Å². The zero-order chi connectivity index (χ0) is 14.0. The molecule has 0 bridgehead atoms. The van der Waals surface area contributed by atoms with E-state index < -0.39 is 0 Å². The van der Waals surface area contributed by atoms with Gasteiger partial charge in [-0.2, -0.15) is 0 Å². The smallest absolute Gasteiger partial charge is 0.127 e. The highest BCUT2D eigenvalue weighted by atomic mass is 16.5. The minimum atomic E-state index is 0.796. The molecule has 0 aliphatic carbocycles. The molecule has 106 valence electrons. The van der Waals surface area contributed by atoms with Gasteiger partial charge in [0.25, 0.3) is 0 Å². The molecule has 0 saturated heterocycles. The predicted octanol–water partition coefficient (Wildman–Crippen LogP) is 3.61. The van der Waals surface area contributed by atoms with Gasteiger partial charge >= 0.3 is 0 Å². The largest absolute Gasteiger partial charge is 0.457 e. The van der Waals surface area contributed by atoms with E-state index in [-0.39, 0.29) is 0 Å². The fourth-order valence-corrected chi connectivity index (χ4v) is 1.92. The van der Waals surface area contributed by atoms with Crippen LogP contribution in [0.4, 0.5) is 0 Å². The van der Waals surface area contributed by atoms with Crippen LogP contribution in [0.2, 0.25) is 0 Å². The highest BCUT2D eigenvalue weighted by molar-refractivity contribution is 5.33. The summed E-state index contributed by atoms with van der Waals surface area (Å²) in [4.78, 5) is 0. The molecule has 20 heavy (non-hydrogen) atoms. The molecule has 2 rings (SSSR count). The number of methoxy groups -OCH3 is 1. The number of benzene rings is 2. The topological polar surface area (TPSA) is 30.5 Å². The Morgan fingerprint density at radius 3 is 2.55 bits per heavy atom. The Morgan fingerprint density at radius 1 is 0.950 bits per heavy atom. The molecule has 0 aliphatic heterocycles. The number of rotatable bonds is 8. The van der Waals surface area contributed by atoms with Crippen LogP contribution in [0.25, 0.3) is 0 Å². The number of ether oxygens (including phenoxy) is 2. The molecule has 0 aromatic heterocycles. The lowest BCUT2D eigenvalue weighted by molar-refractivity contribution is 0.194. The van der Waals surface area contributed by atoms with Crippen molar-refractivity contribution in [3.05, 3.63) is 60.2 Å². The maximum atomic E-state index is 5.82. The zero-order valence-electron chi connectivity index (χ0n) is 11.8. The second kappa shape index (κ2) is 8.35. The summed E-state index contributed by atoms with van der Waals surface area (Å²) in [6.07, 6.45) is 1.02. The lowest BCUT2D eigenvalue weighted by Gasteiger charge is -2.08. The van der Waals surface area contributed by atoms with Gasteiger partial charge in [-0.1, -0.05) is 30.3 Å². The van der Waals surface area contributed by atoms with E-state index in [4.69, 9.17) is 9.47 Å². The molecular formula is C17H21NO2. The highest BCUT2D eigenvalue weighted by Gasteiger charge is 1.98. The number of hydrogen-bond donors (Lipinski definition) is 1. The third-order valence-electron chi connectivity index (χ3n) is 2.91. The molecule has 0 spiro atoms. The first-order valence-electron chi connectivity index (χ1n) is 6.90. The third-order valence-corrected chi connectivity index (χ3v) is 2.91. The van der Waals surface area contributed by atoms with Crippen LogP contribution in [0.15, 0.2) is 54.6 Å². The van der Waals surface area contributed by atoms with Gasteiger partial charge in [0.15, 0.2) is 0 Å². The van der Waals surface area contributed by atoms with Gasteiger partial charge in [0.2, 0.25) is 0 Å². The average molecular weight is 271 g/mol. The van der Waals surface area contributed by atoms with Gasteiger partial charge in [-0.25, -0.2) is 0 Å². The molecule has 0 saturated carbocycles. The van der Waals surface area contributed by atoms with E-state index >= 15 is 0 Å². The summed E-state index contributed by atoms with van der Waals surface area (Å²) in [6.45, 7) is 2.59. The molecule has 0 amide bonds. The maximum Gasteiger partial charge on any atom is 0.127 e. The molecule has 0 unspecified atom stereocenters. The summed E-state index contributed by atoms with van der Waals surface area (Å²) in [5, 5.41) is 3.39. The van der Waals surface area contributed by atoms with Crippen LogP contribution in [0.1, 0.15) is 12.0 Å². The lowest BCUT2D eigenvalue weighted by atomic mass is 10.2. The SMILES string of the molecule is COCCCNCc1cccc(Oc2ccccc2)c1. The normalized spacial score (nSPS) is 10.4. The second-order valence-corrected chi connectivity index (χ2v) is 4.59. The number of hydrogen-bond acceptors (Lipinski definition) is 3. The molecule has 0 heterocycles. The van der Waals surface area contributed by atoms with Crippen molar-refractivity contribution in [2.75, 3.05) is 20.3 Å². The molecular weight excluding hydrogens is 250 g/mol. The fourth-order valence-electron chi connectivity index (χ4n) is 1.92. The van der Waals surface area contributed by atoms with Crippen molar-refractivity contribution in [3.63, 3.8) is 0 Å². The van der Waals surface area contributed by atoms with Gasteiger partial charge in [0, 0.05) is 20.3 Å². The highest BCUT2D eigenvalue weighted by Crippen LogP contribution is 2.21. The minimum Gasteiger partial charge on any atom is -0.457 e. The molecule has 0 atom stereocenters. The first-order chi connectivity index (χ1) is 9.88. The Hall–Kier alpha value is -1.84. The summed E-state index contributed by atoms with van der Waals surface area (Å²) >= 11 is 0. The number of para-hydroxylation sites is 1. The Bertz CT molecular complexity index is 499. The summed E-state index contributed by atoms with van der Waals surface area (Å²) in [7, 11) is 1.73. The van der Waals surface area contributed by atoms with Crippen molar-refractivity contribution in [1.82, 2.24) is 5.32 Å². The molecule has 3 heteroatoms. The van der Waals surface area contributed by atoms with E-state index in [0.717, 1.165) is 37.6 Å². The van der Waals surface area contributed by atoms with Gasteiger partial charge in [-0.15, -0.1) is 0 Å². The van der Waals surface area contributed by atoms with Crippen molar-refractivity contribution < 1.29 is 9.47 Å². The van der Waals surface area contributed by atoms with Crippen molar-refractivity contribution >= 4 is 0 Å². The van der Waals surface area contributed by atoms with E-state index in [1.165, 1.54) is 5.56 Å². The first kappa shape index (κ1) is 14.6. The maximum absolute atomic E-state index is 5.82. The van der Waals surface area contributed by atoms with E-state index in [9.17, 15) is 0 Å². The molecule has 2 aromatic rings. The predicted molar refractivity (Wildman–Crippen MR) is 81.2 cm³/mol. The zero-order valence-corrected chi connectivity index (χ0v) is 11.8. The molecule has 1 N–H and O–H groups in total. The molecule has 2 aromatic carbocycles. The van der Waals surface area contributed by atoms with E-state index in [1.807, 2.05) is 42.5 Å². The Balaban J connectivity index is 1.84. The molecule has 0 aliphatic rings. The van der Waals surface area contributed by atoms with Crippen LogP contribution in [-0.2, 0) is 11.3 Å². The van der Waals surface area contributed by atoms with Crippen LogP contribution in [0.5, 0.6) is 11.5 Å². The summed E-state index contributed by atoms with van der Waals surface area (Å²) in [5.41, 5.74) is 1.22. The van der Waals surface area contributed by atoms with Crippen LogP contribution in [0, 0.1) is 0 Å².